The Labute approximate surface area is 120 Å². The lowest BCUT2D eigenvalue weighted by Gasteiger charge is -2.40. The molecule has 2 saturated heterocycles. The molecule has 7 nitrogen and oxygen atoms in total. The molecule has 0 aromatic heterocycles. The Morgan fingerprint density at radius 1 is 1.35 bits per heavy atom. The summed E-state index contributed by atoms with van der Waals surface area (Å²) in [5.41, 5.74) is 0. The Balaban J connectivity index is 2.03. The Hall–Kier alpha value is -0.700. The molecule has 0 spiro atoms. The molecule has 2 N–H and O–H groups in total. The van der Waals surface area contributed by atoms with Gasteiger partial charge in [-0.1, -0.05) is 0 Å². The van der Waals surface area contributed by atoms with Crippen LogP contribution in [0.2, 0.25) is 0 Å². The van der Waals surface area contributed by atoms with Gasteiger partial charge in [0.05, 0.1) is 6.54 Å². The SMILES string of the molecule is CC(C)NS(=O)(=O)N1CCCC(N2CCNCC2=O)C1. The molecule has 0 saturated carbocycles. The summed E-state index contributed by atoms with van der Waals surface area (Å²) in [5.74, 6) is 0.0670. The number of nitrogens with one attached hydrogen (secondary N) is 2. The smallest absolute Gasteiger partial charge is 0.279 e. The van der Waals surface area contributed by atoms with Crippen molar-refractivity contribution in [3.8, 4) is 0 Å². The van der Waals surface area contributed by atoms with Gasteiger partial charge < -0.3 is 10.2 Å². The molecular weight excluding hydrogens is 280 g/mol. The third-order valence-corrected chi connectivity index (χ3v) is 5.43. The van der Waals surface area contributed by atoms with Gasteiger partial charge in [0.25, 0.3) is 10.2 Å². The van der Waals surface area contributed by atoms with Crippen LogP contribution in [0.3, 0.4) is 0 Å². The summed E-state index contributed by atoms with van der Waals surface area (Å²) in [4.78, 5) is 13.7. The second-order valence-electron chi connectivity index (χ2n) is 5.70. The maximum absolute atomic E-state index is 12.2. The first-order valence-electron chi connectivity index (χ1n) is 7.18. The number of piperidine rings is 1. The number of hydrogen-bond acceptors (Lipinski definition) is 4. The zero-order valence-electron chi connectivity index (χ0n) is 12.1. The molecule has 2 aliphatic heterocycles. The fourth-order valence-corrected chi connectivity index (χ4v) is 4.26. The average molecular weight is 304 g/mol. The van der Waals surface area contributed by atoms with Crippen molar-refractivity contribution in [2.24, 2.45) is 0 Å². The topological polar surface area (TPSA) is 81.8 Å². The molecule has 0 aromatic carbocycles. The van der Waals surface area contributed by atoms with Crippen LogP contribution in [-0.4, -0.2) is 68.3 Å². The summed E-state index contributed by atoms with van der Waals surface area (Å²) < 4.78 is 28.5. The standard InChI is InChI=1S/C12H24N4O3S/c1-10(2)14-20(18,19)15-6-3-4-11(9-15)16-7-5-13-8-12(16)17/h10-11,13-14H,3-9H2,1-2H3. The summed E-state index contributed by atoms with van der Waals surface area (Å²) in [6, 6.07) is -0.122. The highest BCUT2D eigenvalue weighted by Gasteiger charge is 2.34. The van der Waals surface area contributed by atoms with Gasteiger partial charge in [-0.15, -0.1) is 0 Å². The molecule has 0 aromatic rings. The van der Waals surface area contributed by atoms with Crippen molar-refractivity contribution in [3.05, 3.63) is 0 Å². The number of rotatable bonds is 4. The van der Waals surface area contributed by atoms with Crippen molar-refractivity contribution in [2.75, 3.05) is 32.7 Å². The molecule has 2 rings (SSSR count). The van der Waals surface area contributed by atoms with Gasteiger partial charge in [0.2, 0.25) is 5.91 Å². The van der Waals surface area contributed by atoms with Gasteiger partial charge in [0, 0.05) is 38.3 Å². The molecule has 2 heterocycles. The van der Waals surface area contributed by atoms with E-state index in [1.807, 2.05) is 4.90 Å². The van der Waals surface area contributed by atoms with Crippen molar-refractivity contribution in [1.82, 2.24) is 19.2 Å². The number of nitrogens with zero attached hydrogens (tertiary/aromatic N) is 2. The van der Waals surface area contributed by atoms with E-state index in [1.165, 1.54) is 4.31 Å². The molecule has 116 valence electrons. The number of carbonyl (C=O) groups is 1. The normalized spacial score (nSPS) is 26.2. The minimum Gasteiger partial charge on any atom is -0.336 e. The number of hydrogen-bond donors (Lipinski definition) is 2. The highest BCUT2D eigenvalue weighted by molar-refractivity contribution is 7.87. The van der Waals surface area contributed by atoms with Crippen LogP contribution in [0.15, 0.2) is 0 Å². The van der Waals surface area contributed by atoms with Gasteiger partial charge >= 0.3 is 0 Å². The molecule has 20 heavy (non-hydrogen) atoms. The van der Waals surface area contributed by atoms with E-state index in [-0.39, 0.29) is 18.0 Å². The number of amides is 1. The third-order valence-electron chi connectivity index (χ3n) is 3.65. The van der Waals surface area contributed by atoms with Crippen molar-refractivity contribution in [3.63, 3.8) is 0 Å². The van der Waals surface area contributed by atoms with E-state index in [0.29, 0.717) is 26.2 Å². The van der Waals surface area contributed by atoms with Crippen LogP contribution >= 0.6 is 0 Å². The summed E-state index contributed by atoms with van der Waals surface area (Å²) in [6.07, 6.45) is 1.67. The maximum atomic E-state index is 12.2. The number of carbonyl (C=O) groups excluding carboxylic acids is 1. The quantitative estimate of drug-likeness (QED) is 0.707. The van der Waals surface area contributed by atoms with Crippen molar-refractivity contribution in [1.29, 1.82) is 0 Å². The molecular formula is C12H24N4O3S. The molecule has 8 heteroatoms. The average Bonchev–Trinajstić information content (AvgIpc) is 2.38. The molecule has 1 unspecified atom stereocenters. The fraction of sp³-hybridized carbons (Fsp3) is 0.917. The van der Waals surface area contributed by atoms with Gasteiger partial charge in [-0.2, -0.15) is 17.4 Å². The number of piperazine rings is 1. The zero-order chi connectivity index (χ0) is 14.8. The molecule has 0 radical (unpaired) electrons. The Morgan fingerprint density at radius 3 is 2.75 bits per heavy atom. The van der Waals surface area contributed by atoms with E-state index in [0.717, 1.165) is 19.4 Å². The predicted molar refractivity (Wildman–Crippen MR) is 76.4 cm³/mol. The van der Waals surface area contributed by atoms with Crippen LogP contribution in [0.5, 0.6) is 0 Å². The maximum Gasteiger partial charge on any atom is 0.279 e. The van der Waals surface area contributed by atoms with Crippen LogP contribution in [0.4, 0.5) is 0 Å². The molecule has 0 aliphatic carbocycles. The Morgan fingerprint density at radius 2 is 2.10 bits per heavy atom. The largest absolute Gasteiger partial charge is 0.336 e. The van der Waals surface area contributed by atoms with Crippen molar-refractivity contribution < 1.29 is 13.2 Å². The first-order chi connectivity index (χ1) is 9.40. The van der Waals surface area contributed by atoms with Gasteiger partial charge in [-0.25, -0.2) is 0 Å². The van der Waals surface area contributed by atoms with Gasteiger partial charge in [-0.05, 0) is 26.7 Å². The van der Waals surface area contributed by atoms with Gasteiger partial charge in [0.15, 0.2) is 0 Å². The van der Waals surface area contributed by atoms with Gasteiger partial charge in [-0.3, -0.25) is 4.79 Å². The molecule has 2 aliphatic rings. The third kappa shape index (κ3) is 3.69. The minimum atomic E-state index is -3.44. The van der Waals surface area contributed by atoms with Crippen LogP contribution in [0.25, 0.3) is 0 Å². The highest BCUT2D eigenvalue weighted by atomic mass is 32.2. The van der Waals surface area contributed by atoms with Gasteiger partial charge in [0.1, 0.15) is 0 Å². The molecule has 1 atom stereocenters. The zero-order valence-corrected chi connectivity index (χ0v) is 12.9. The van der Waals surface area contributed by atoms with E-state index < -0.39 is 10.2 Å². The summed E-state index contributed by atoms with van der Waals surface area (Å²) in [5, 5.41) is 3.04. The summed E-state index contributed by atoms with van der Waals surface area (Å²) in [7, 11) is -3.44. The lowest BCUT2D eigenvalue weighted by Crippen LogP contribution is -2.58. The molecule has 2 fully saturated rings. The van der Waals surface area contributed by atoms with E-state index in [1.54, 1.807) is 13.8 Å². The fourth-order valence-electron chi connectivity index (χ4n) is 2.77. The first kappa shape index (κ1) is 15.7. The van der Waals surface area contributed by atoms with Crippen LogP contribution in [0, 0.1) is 0 Å². The second-order valence-corrected chi connectivity index (χ2v) is 7.40. The van der Waals surface area contributed by atoms with E-state index in [2.05, 4.69) is 10.0 Å². The minimum absolute atomic E-state index is 0.00193. The Kier molecular flexibility index (Phi) is 5.00. The van der Waals surface area contributed by atoms with Crippen molar-refractivity contribution in [2.45, 2.75) is 38.8 Å². The van der Waals surface area contributed by atoms with Crippen molar-refractivity contribution >= 4 is 16.1 Å². The van der Waals surface area contributed by atoms with E-state index >= 15 is 0 Å². The second kappa shape index (κ2) is 6.38. The molecule has 1 amide bonds. The monoisotopic (exact) mass is 304 g/mol. The molecule has 0 bridgehead atoms. The first-order valence-corrected chi connectivity index (χ1v) is 8.62. The van der Waals surface area contributed by atoms with Crippen LogP contribution in [0.1, 0.15) is 26.7 Å². The summed E-state index contributed by atoms with van der Waals surface area (Å²) in [6.45, 7) is 6.33. The van der Waals surface area contributed by atoms with E-state index in [9.17, 15) is 13.2 Å². The lowest BCUT2D eigenvalue weighted by molar-refractivity contribution is -0.135. The highest BCUT2D eigenvalue weighted by Crippen LogP contribution is 2.19. The lowest BCUT2D eigenvalue weighted by atomic mass is 10.1. The van der Waals surface area contributed by atoms with E-state index in [4.69, 9.17) is 0 Å². The Bertz CT molecular complexity index is 452. The summed E-state index contributed by atoms with van der Waals surface area (Å²) >= 11 is 0. The predicted octanol–water partition coefficient (Wildman–Crippen LogP) is -0.875. The van der Waals surface area contributed by atoms with Crippen LogP contribution in [-0.2, 0) is 15.0 Å². The van der Waals surface area contributed by atoms with Crippen LogP contribution < -0.4 is 10.0 Å².